The average molecular weight is 1200 g/mol. The molecule has 1 unspecified atom stereocenters. The molecule has 14 aromatic rings. The fourth-order valence-electron chi connectivity index (χ4n) is 16.3. The van der Waals surface area contributed by atoms with E-state index in [0.29, 0.717) is 41.7 Å². The molecule has 0 spiro atoms. The van der Waals surface area contributed by atoms with Gasteiger partial charge in [0.25, 0.3) is 35.9 Å². The predicted molar refractivity (Wildman–Crippen MR) is 364 cm³/mol. The van der Waals surface area contributed by atoms with Crippen LogP contribution in [0.25, 0.3) is 99.2 Å². The molecule has 0 saturated carbocycles. The zero-order valence-electron chi connectivity index (χ0n) is 54.4. The molecule has 0 bridgehead atoms. The minimum atomic E-state index is 0.430. The molecule has 0 radical (unpaired) electrons. The van der Waals surface area contributed by atoms with Crippen molar-refractivity contribution in [2.75, 3.05) is 11.9 Å². The highest BCUT2D eigenvalue weighted by atomic mass is 15.4. The summed E-state index contributed by atoms with van der Waals surface area (Å²) in [6.45, 7) is 29.8. The van der Waals surface area contributed by atoms with Gasteiger partial charge in [0.2, 0.25) is 0 Å². The molecule has 6 aliphatic rings. The molecule has 15 heterocycles. The van der Waals surface area contributed by atoms with Crippen LogP contribution in [0.2, 0.25) is 0 Å². The van der Waals surface area contributed by atoms with Gasteiger partial charge in [-0.3, -0.25) is 15.0 Å². The quantitative estimate of drug-likeness (QED) is 0.120. The van der Waals surface area contributed by atoms with E-state index in [1.807, 2.05) is 43.6 Å². The van der Waals surface area contributed by atoms with Crippen molar-refractivity contribution < 1.29 is 13.7 Å². The van der Waals surface area contributed by atoms with E-state index >= 15 is 0 Å². The summed E-state index contributed by atoms with van der Waals surface area (Å²) in [6, 6.07) is 35.6. The summed E-state index contributed by atoms with van der Waals surface area (Å²) in [5, 5.41) is 23.3. The molecule has 14 heteroatoms. The molecule has 0 fully saturated rings. The zero-order chi connectivity index (χ0) is 62.3. The van der Waals surface area contributed by atoms with Crippen LogP contribution < -0.4 is 18.6 Å². The number of aromatic nitrogens is 12. The van der Waals surface area contributed by atoms with E-state index in [4.69, 9.17) is 25.1 Å². The van der Waals surface area contributed by atoms with Gasteiger partial charge in [-0.2, -0.15) is 0 Å². The lowest BCUT2D eigenvalue weighted by Gasteiger charge is -2.33. The first-order valence-electron chi connectivity index (χ1n) is 32.9. The Morgan fingerprint density at radius 3 is 1.65 bits per heavy atom. The normalized spacial score (nSPS) is 15.2. The van der Waals surface area contributed by atoms with Crippen molar-refractivity contribution >= 4 is 93.6 Å². The van der Waals surface area contributed by atoms with E-state index in [2.05, 4.69) is 229 Å². The molecule has 6 aliphatic heterocycles. The zero-order valence-corrected chi connectivity index (χ0v) is 54.4. The first-order valence-corrected chi connectivity index (χ1v) is 32.9. The molecule has 5 aromatic carbocycles. The van der Waals surface area contributed by atoms with Crippen LogP contribution in [0, 0.1) is 0 Å². The van der Waals surface area contributed by atoms with E-state index in [-0.39, 0.29) is 0 Å². The van der Waals surface area contributed by atoms with E-state index in [1.165, 1.54) is 144 Å². The number of likely N-dealkylation sites (N-methyl/N-ethyl adjacent to an activating group) is 1. The lowest BCUT2D eigenvalue weighted by molar-refractivity contribution is -0.659. The van der Waals surface area contributed by atoms with Crippen molar-refractivity contribution in [3.8, 4) is 11.3 Å². The molecule has 1 atom stereocenters. The van der Waals surface area contributed by atoms with Crippen LogP contribution in [0.1, 0.15) is 180 Å². The number of fused-ring (bicyclic) bond motifs is 12. The Hall–Kier alpha value is -9.69. The van der Waals surface area contributed by atoms with Crippen LogP contribution in [-0.4, -0.2) is 61.9 Å². The first kappa shape index (κ1) is 55.4. The highest BCUT2D eigenvalue weighted by Crippen LogP contribution is 2.55. The Morgan fingerprint density at radius 1 is 0.418 bits per heavy atom. The van der Waals surface area contributed by atoms with Crippen molar-refractivity contribution in [1.29, 1.82) is 0 Å². The molecule has 0 aliphatic carbocycles. The number of anilines is 1. The second-order valence-corrected chi connectivity index (χ2v) is 28.0. The summed E-state index contributed by atoms with van der Waals surface area (Å²) in [5.41, 5.74) is 29.7. The van der Waals surface area contributed by atoms with Gasteiger partial charge in [-0.05, 0) is 98.5 Å². The number of benzene rings is 5. The number of pyridine rings is 6. The number of hydrogen-bond acceptors (Lipinski definition) is 8. The predicted octanol–water partition coefficient (Wildman–Crippen LogP) is 15.1. The number of para-hydroxylation sites is 1. The minimum absolute atomic E-state index is 0.430. The second-order valence-electron chi connectivity index (χ2n) is 28.0. The lowest BCUT2D eigenvalue weighted by Crippen LogP contribution is -2.35. The molecule has 14 nitrogen and oxygen atoms in total. The van der Waals surface area contributed by atoms with Gasteiger partial charge >= 0.3 is 0 Å². The van der Waals surface area contributed by atoms with Crippen molar-refractivity contribution in [3.05, 3.63) is 202 Å². The van der Waals surface area contributed by atoms with Gasteiger partial charge < -0.3 is 9.80 Å². The topological polar surface area (TPSA) is 109 Å². The van der Waals surface area contributed by atoms with Gasteiger partial charge in [-0.25, -0.2) is 13.7 Å². The molecule has 0 amide bonds. The third-order valence-electron chi connectivity index (χ3n) is 20.5. The number of rotatable bonds is 6. The maximum Gasteiger partial charge on any atom is 0.276 e. The van der Waals surface area contributed by atoms with Gasteiger partial charge in [-0.1, -0.05) is 169 Å². The van der Waals surface area contributed by atoms with Crippen LogP contribution in [0.3, 0.4) is 0 Å². The summed E-state index contributed by atoms with van der Waals surface area (Å²) >= 11 is 0. The molecular formula is C77H77N14+3. The standard InChI is InChI=1S/2C20H21N4.C19H19N3.C18H16N3/c1-11(2)14-5-6-15(12(3)4)19-17(14)18-16-13(7-8-21-18)9-23-10-22-24(19)20(16)23;1-11(2)14-6-5-13-9-23-10-22-24-19-15(12(3)4)7-8-21-18(19)17(14)16(13)20(23)24;1-11(2)13-7-6-12-9-16-21(3)10-15-14-5-4-8-20-18(14)17(13)19(12)22(15)16;1-11(2)13-6-4-8-15-14-7-3-5-12-9-20-10-19-21(17(13)15)18(20)16(12)14/h2*5-8,10-12H,9H2,1-4H3;4-8,10-11,16H,9H2,1-3H3;3-8,10-11H,9H2,1-2H3/q2*+1;;+1. The van der Waals surface area contributed by atoms with Gasteiger partial charge in [0.15, 0.2) is 16.6 Å². The lowest BCUT2D eigenvalue weighted by atomic mass is 9.87. The molecule has 91 heavy (non-hydrogen) atoms. The fourth-order valence-corrected chi connectivity index (χ4v) is 16.3. The summed E-state index contributed by atoms with van der Waals surface area (Å²) < 4.78 is 13.2. The Labute approximate surface area is 529 Å². The van der Waals surface area contributed by atoms with Crippen LogP contribution in [0.5, 0.6) is 0 Å². The van der Waals surface area contributed by atoms with E-state index in [1.54, 1.807) is 0 Å². The van der Waals surface area contributed by atoms with Crippen molar-refractivity contribution in [2.24, 2.45) is 0 Å². The summed E-state index contributed by atoms with van der Waals surface area (Å²) in [5.74, 6) is 2.77. The number of hydrogen-bond donors (Lipinski definition) is 0. The first-order chi connectivity index (χ1) is 44.1. The monoisotopic (exact) mass is 1200 g/mol. The number of nitrogens with zero attached hydrogens (tertiary/aromatic N) is 14. The SMILES string of the molecule is CC(C)c1ccc(C(C)C)c2c1c1nccc3c1c1n2nc[n+]1C3.CC(C)c1ccc2c3c1-c1ncccc1C1=CN(C)C(C2)N13.CC(C)c1ccc2c3c1c1nccc(C(C)C)c1n1nc[n+](c31)C2.CC(C)c1cccc2c3cccc4c3c3n(nc[n+]3C4)c12. The molecule has 20 rings (SSSR count). The van der Waals surface area contributed by atoms with Gasteiger partial charge in [0.05, 0.1) is 58.4 Å². The maximum absolute atomic E-state index is 4.82. The fraction of sp³-hybridized carbons (Fsp3) is 0.312. The second kappa shape index (κ2) is 20.2. The third-order valence-corrected chi connectivity index (χ3v) is 20.5. The molecule has 452 valence electrons. The largest absolute Gasteiger partial charge is 0.358 e. The van der Waals surface area contributed by atoms with Crippen LogP contribution >= 0.6 is 0 Å². The average Bonchev–Trinajstić information content (AvgIpc) is 1.67. The Morgan fingerprint density at radius 2 is 0.945 bits per heavy atom. The van der Waals surface area contributed by atoms with Crippen molar-refractivity contribution in [2.45, 2.75) is 151 Å². The molecular weight excluding hydrogens is 1120 g/mol. The highest BCUT2D eigenvalue weighted by Gasteiger charge is 2.45. The maximum atomic E-state index is 4.82. The molecule has 0 saturated heterocycles. The molecule has 0 N–H and O–H groups in total. The van der Waals surface area contributed by atoms with E-state index in [0.717, 1.165) is 48.3 Å². The summed E-state index contributed by atoms with van der Waals surface area (Å²) in [7, 11) is 2.18. The van der Waals surface area contributed by atoms with Crippen molar-refractivity contribution in [3.63, 3.8) is 0 Å². The summed E-state index contributed by atoms with van der Waals surface area (Å²) in [4.78, 5) is 19.3. The molecule has 9 aromatic heterocycles. The van der Waals surface area contributed by atoms with Gasteiger partial charge in [0, 0.05) is 103 Å². The smallest absolute Gasteiger partial charge is 0.276 e. The van der Waals surface area contributed by atoms with Gasteiger partial charge in [-0.15, -0.1) is 0 Å². The van der Waals surface area contributed by atoms with Crippen LogP contribution in [-0.2, 0) is 26.1 Å². The van der Waals surface area contributed by atoms with Crippen LogP contribution in [0.15, 0.2) is 141 Å². The minimum Gasteiger partial charge on any atom is -0.358 e. The van der Waals surface area contributed by atoms with Crippen molar-refractivity contribution in [1.82, 2.24) is 48.7 Å². The Kier molecular flexibility index (Phi) is 12.3. The van der Waals surface area contributed by atoms with E-state index < -0.39 is 0 Å². The van der Waals surface area contributed by atoms with Gasteiger partial charge in [0.1, 0.15) is 11.7 Å². The Bertz CT molecular complexity index is 5500. The van der Waals surface area contributed by atoms with Crippen LogP contribution in [0.4, 0.5) is 5.69 Å². The third kappa shape index (κ3) is 7.80. The van der Waals surface area contributed by atoms with E-state index in [9.17, 15) is 0 Å². The Balaban J connectivity index is 0.0000000933. The summed E-state index contributed by atoms with van der Waals surface area (Å²) in [6.07, 6.45) is 15.5. The highest BCUT2D eigenvalue weighted by molar-refractivity contribution is 6.15.